The van der Waals surface area contributed by atoms with Gasteiger partial charge in [-0.1, -0.05) is 36.4 Å². The summed E-state index contributed by atoms with van der Waals surface area (Å²) in [4.78, 5) is 20.5. The van der Waals surface area contributed by atoms with Gasteiger partial charge in [0.2, 0.25) is 0 Å². The maximum atomic E-state index is 12.7. The average Bonchev–Trinajstić information content (AvgIpc) is 3.24. The first-order valence-corrected chi connectivity index (χ1v) is 12.0. The maximum Gasteiger partial charge on any atom is 0.261 e. The van der Waals surface area contributed by atoms with E-state index in [9.17, 15) is 4.79 Å². The van der Waals surface area contributed by atoms with Crippen molar-refractivity contribution in [3.63, 3.8) is 0 Å². The molecule has 0 spiro atoms. The molecule has 164 valence electrons. The molecule has 32 heavy (non-hydrogen) atoms. The highest BCUT2D eigenvalue weighted by atomic mass is 32.1. The zero-order chi connectivity index (χ0) is 22.1. The third-order valence-corrected chi connectivity index (χ3v) is 7.35. The Balaban J connectivity index is 1.21. The highest BCUT2D eigenvalue weighted by molar-refractivity contribution is 7.20. The second-order valence-electron chi connectivity index (χ2n) is 8.75. The fourth-order valence-corrected chi connectivity index (χ4v) is 5.51. The SMILES string of the molecule is CN(C)c1cc(N[C@H]2CC[C@@H](NC(=O)c3cc4ccccc4s3)CC2)nc2ccccc12. The number of hydrogen-bond acceptors (Lipinski definition) is 5. The van der Waals surface area contributed by atoms with Crippen LogP contribution in [-0.4, -0.2) is 37.1 Å². The number of amides is 1. The maximum absolute atomic E-state index is 12.7. The molecule has 1 saturated carbocycles. The molecule has 2 aromatic carbocycles. The Kier molecular flexibility index (Phi) is 5.70. The summed E-state index contributed by atoms with van der Waals surface area (Å²) in [5.74, 6) is 0.972. The Hall–Kier alpha value is -3.12. The lowest BCUT2D eigenvalue weighted by Crippen LogP contribution is -2.40. The molecule has 1 aliphatic carbocycles. The van der Waals surface area contributed by atoms with Crippen LogP contribution in [0.5, 0.6) is 0 Å². The molecule has 6 heteroatoms. The van der Waals surface area contributed by atoms with Gasteiger partial charge in [0.05, 0.1) is 10.4 Å². The van der Waals surface area contributed by atoms with Gasteiger partial charge in [-0.05, 0) is 49.3 Å². The molecular weight excluding hydrogens is 416 g/mol. The van der Waals surface area contributed by atoms with Crippen molar-refractivity contribution in [3.8, 4) is 0 Å². The number of thiophene rings is 1. The Morgan fingerprint density at radius 1 is 0.969 bits per heavy atom. The standard InChI is InChI=1S/C26H28N4OS/c1-30(2)22-16-25(29-21-9-5-4-8-20(21)22)27-18-11-13-19(14-12-18)28-26(31)24-15-17-7-3-6-10-23(17)32-24/h3-10,15-16,18-19H,11-14H2,1-2H3,(H,27,29)(H,28,31)/t18-,19+. The predicted octanol–water partition coefficient (Wildman–Crippen LogP) is 5.67. The third-order valence-electron chi connectivity index (χ3n) is 6.24. The van der Waals surface area contributed by atoms with Gasteiger partial charge in [0, 0.05) is 48.0 Å². The van der Waals surface area contributed by atoms with Crippen molar-refractivity contribution >= 4 is 49.7 Å². The summed E-state index contributed by atoms with van der Waals surface area (Å²) in [5, 5.41) is 9.19. The fraction of sp³-hybridized carbons (Fsp3) is 0.308. The molecule has 2 N–H and O–H groups in total. The van der Waals surface area contributed by atoms with E-state index >= 15 is 0 Å². The van der Waals surface area contributed by atoms with Crippen LogP contribution in [0, 0.1) is 0 Å². The average molecular weight is 445 g/mol. The Bertz CT molecular complexity index is 1220. The lowest BCUT2D eigenvalue weighted by molar-refractivity contribution is 0.0931. The van der Waals surface area contributed by atoms with E-state index in [0.717, 1.165) is 57.4 Å². The first-order chi connectivity index (χ1) is 15.6. The number of fused-ring (bicyclic) bond motifs is 2. The van der Waals surface area contributed by atoms with Gasteiger partial charge in [-0.2, -0.15) is 0 Å². The van der Waals surface area contributed by atoms with Gasteiger partial charge < -0.3 is 15.5 Å². The molecule has 0 saturated heterocycles. The Labute approximate surface area is 192 Å². The molecule has 1 aliphatic rings. The number of rotatable bonds is 5. The van der Waals surface area contributed by atoms with Crippen LogP contribution in [0.15, 0.2) is 60.7 Å². The number of hydrogen-bond donors (Lipinski definition) is 2. The lowest BCUT2D eigenvalue weighted by Gasteiger charge is -2.30. The van der Waals surface area contributed by atoms with Crippen LogP contribution < -0.4 is 15.5 Å². The van der Waals surface area contributed by atoms with Crippen LogP contribution in [0.3, 0.4) is 0 Å². The summed E-state index contributed by atoms with van der Waals surface area (Å²) in [6.07, 6.45) is 3.98. The second kappa shape index (κ2) is 8.79. The fourth-order valence-electron chi connectivity index (χ4n) is 4.54. The van der Waals surface area contributed by atoms with Crippen molar-refractivity contribution in [2.45, 2.75) is 37.8 Å². The van der Waals surface area contributed by atoms with E-state index in [1.165, 1.54) is 5.69 Å². The minimum atomic E-state index is 0.0504. The Morgan fingerprint density at radius 3 is 2.47 bits per heavy atom. The summed E-state index contributed by atoms with van der Waals surface area (Å²) in [5.41, 5.74) is 2.17. The van der Waals surface area contributed by atoms with Crippen molar-refractivity contribution in [1.29, 1.82) is 0 Å². The molecule has 4 aromatic rings. The normalized spacial score (nSPS) is 18.6. The largest absolute Gasteiger partial charge is 0.377 e. The third kappa shape index (κ3) is 4.28. The van der Waals surface area contributed by atoms with Crippen LogP contribution in [0.25, 0.3) is 21.0 Å². The number of nitrogens with zero attached hydrogens (tertiary/aromatic N) is 2. The zero-order valence-corrected chi connectivity index (χ0v) is 19.3. The summed E-state index contributed by atoms with van der Waals surface area (Å²) in [6.45, 7) is 0. The van der Waals surface area contributed by atoms with Crippen LogP contribution in [0.1, 0.15) is 35.4 Å². The van der Waals surface area contributed by atoms with E-state index in [0.29, 0.717) is 6.04 Å². The van der Waals surface area contributed by atoms with Gasteiger partial charge in [-0.3, -0.25) is 4.79 Å². The predicted molar refractivity (Wildman–Crippen MR) is 135 cm³/mol. The molecular formula is C26H28N4OS. The smallest absolute Gasteiger partial charge is 0.261 e. The van der Waals surface area contributed by atoms with Crippen molar-refractivity contribution in [2.75, 3.05) is 24.3 Å². The molecule has 5 nitrogen and oxygen atoms in total. The number of nitrogens with one attached hydrogen (secondary N) is 2. The number of carbonyl (C=O) groups excluding carboxylic acids is 1. The van der Waals surface area contributed by atoms with Gasteiger partial charge in [0.25, 0.3) is 5.91 Å². The summed E-state index contributed by atoms with van der Waals surface area (Å²) < 4.78 is 1.16. The Morgan fingerprint density at radius 2 is 1.69 bits per heavy atom. The highest BCUT2D eigenvalue weighted by Gasteiger charge is 2.24. The van der Waals surface area contributed by atoms with Crippen molar-refractivity contribution in [3.05, 3.63) is 65.5 Å². The van der Waals surface area contributed by atoms with E-state index in [2.05, 4.69) is 66.0 Å². The molecule has 5 rings (SSSR count). The zero-order valence-electron chi connectivity index (χ0n) is 18.5. The van der Waals surface area contributed by atoms with Crippen LogP contribution >= 0.6 is 11.3 Å². The van der Waals surface area contributed by atoms with E-state index in [4.69, 9.17) is 4.98 Å². The summed E-state index contributed by atoms with van der Waals surface area (Å²) in [6, 6.07) is 21.1. The van der Waals surface area contributed by atoms with Gasteiger partial charge in [-0.25, -0.2) is 4.98 Å². The van der Waals surface area contributed by atoms with E-state index < -0.39 is 0 Å². The molecule has 0 unspecified atom stereocenters. The second-order valence-corrected chi connectivity index (χ2v) is 9.84. The minimum Gasteiger partial charge on any atom is -0.377 e. The number of para-hydroxylation sites is 1. The topological polar surface area (TPSA) is 57.3 Å². The van der Waals surface area contributed by atoms with Crippen LogP contribution in [0.4, 0.5) is 11.5 Å². The lowest BCUT2D eigenvalue weighted by atomic mass is 9.91. The molecule has 0 atom stereocenters. The van der Waals surface area contributed by atoms with Crippen LogP contribution in [0.2, 0.25) is 0 Å². The molecule has 0 radical (unpaired) electrons. The number of aromatic nitrogens is 1. The summed E-state index contributed by atoms with van der Waals surface area (Å²) >= 11 is 1.56. The number of carbonyl (C=O) groups is 1. The minimum absolute atomic E-state index is 0.0504. The van der Waals surface area contributed by atoms with E-state index in [1.807, 2.05) is 24.3 Å². The van der Waals surface area contributed by atoms with Gasteiger partial charge in [0.1, 0.15) is 5.82 Å². The quantitative estimate of drug-likeness (QED) is 0.416. The summed E-state index contributed by atoms with van der Waals surface area (Å²) in [7, 11) is 4.13. The molecule has 0 aliphatic heterocycles. The number of anilines is 2. The van der Waals surface area contributed by atoms with Gasteiger partial charge in [0.15, 0.2) is 0 Å². The molecule has 2 aromatic heterocycles. The van der Waals surface area contributed by atoms with Crippen molar-refractivity contribution in [2.24, 2.45) is 0 Å². The number of pyridine rings is 1. The number of benzene rings is 2. The van der Waals surface area contributed by atoms with Crippen LogP contribution in [-0.2, 0) is 0 Å². The molecule has 0 bridgehead atoms. The highest BCUT2D eigenvalue weighted by Crippen LogP contribution is 2.30. The molecule has 1 fully saturated rings. The monoisotopic (exact) mass is 444 g/mol. The van der Waals surface area contributed by atoms with E-state index in [-0.39, 0.29) is 11.9 Å². The first-order valence-electron chi connectivity index (χ1n) is 11.2. The van der Waals surface area contributed by atoms with E-state index in [1.54, 1.807) is 11.3 Å². The van der Waals surface area contributed by atoms with Gasteiger partial charge >= 0.3 is 0 Å². The van der Waals surface area contributed by atoms with Crippen molar-refractivity contribution < 1.29 is 4.79 Å². The molecule has 2 heterocycles. The van der Waals surface area contributed by atoms with Crippen molar-refractivity contribution in [1.82, 2.24) is 10.3 Å². The molecule has 1 amide bonds. The first kappa shape index (κ1) is 20.8. The van der Waals surface area contributed by atoms with Gasteiger partial charge in [-0.15, -0.1) is 11.3 Å².